The molecular formula is C33H30Cl3NO4S. The van der Waals surface area contributed by atoms with Gasteiger partial charge in [-0.1, -0.05) is 126 Å². The molecule has 0 radical (unpaired) electrons. The molecule has 5 nitrogen and oxygen atoms in total. The van der Waals surface area contributed by atoms with Crippen molar-refractivity contribution in [2.75, 3.05) is 5.75 Å². The maximum Gasteiger partial charge on any atom is 0.272 e. The van der Waals surface area contributed by atoms with E-state index in [1.807, 2.05) is 91.0 Å². The number of hydrogen-bond acceptors (Lipinski definition) is 5. The lowest BCUT2D eigenvalue weighted by molar-refractivity contribution is -0.245. The Morgan fingerprint density at radius 2 is 1.52 bits per heavy atom. The molecule has 0 bridgehead atoms. The van der Waals surface area contributed by atoms with Crippen LogP contribution in [0.2, 0.25) is 0 Å². The highest BCUT2D eigenvalue weighted by molar-refractivity contribution is 7.99. The van der Waals surface area contributed by atoms with E-state index in [4.69, 9.17) is 44.3 Å². The highest BCUT2D eigenvalue weighted by Crippen LogP contribution is 2.40. The molecule has 4 aromatic rings. The fourth-order valence-corrected chi connectivity index (χ4v) is 5.92. The Balaban J connectivity index is 1.34. The van der Waals surface area contributed by atoms with Crippen molar-refractivity contribution in [3.05, 3.63) is 125 Å². The summed E-state index contributed by atoms with van der Waals surface area (Å²) in [6.07, 6.45) is -0.00564. The van der Waals surface area contributed by atoms with E-state index in [1.54, 1.807) is 11.8 Å². The standard InChI is InChI=1S/C33H30Cl3NO4S/c34-33(35,36)32(39)37-19-26-6-4-5-9-29(26)23-14-16-25(17-15-23)31-40-27(21-42-28-7-2-1-3-8-28)18-30(41-31)24-12-10-22(20-38)11-13-24/h1-17,27,30-31,38H,18-21H2,(H,37,39)/t27-,30+,31+/m1/s1. The molecule has 42 heavy (non-hydrogen) atoms. The van der Waals surface area contributed by atoms with E-state index >= 15 is 0 Å². The number of rotatable bonds is 9. The van der Waals surface area contributed by atoms with E-state index in [2.05, 4.69) is 17.4 Å². The van der Waals surface area contributed by atoms with Gasteiger partial charge in [-0.15, -0.1) is 11.8 Å². The van der Waals surface area contributed by atoms with Crippen LogP contribution in [0.25, 0.3) is 11.1 Å². The molecule has 3 atom stereocenters. The third-order valence-corrected chi connectivity index (χ3v) is 8.66. The van der Waals surface area contributed by atoms with Gasteiger partial charge in [0.25, 0.3) is 9.70 Å². The zero-order valence-electron chi connectivity index (χ0n) is 22.6. The molecule has 1 saturated heterocycles. The van der Waals surface area contributed by atoms with E-state index in [9.17, 15) is 9.90 Å². The highest BCUT2D eigenvalue weighted by Gasteiger charge is 2.32. The molecule has 1 amide bonds. The van der Waals surface area contributed by atoms with Crippen LogP contribution in [0.4, 0.5) is 0 Å². The second-order valence-corrected chi connectivity index (χ2v) is 13.3. The molecule has 0 aliphatic carbocycles. The number of carbonyl (C=O) groups is 1. The third-order valence-electron chi connectivity index (χ3n) is 7.00. The van der Waals surface area contributed by atoms with Gasteiger partial charge in [0.05, 0.1) is 18.8 Å². The minimum atomic E-state index is -2.02. The van der Waals surface area contributed by atoms with Crippen LogP contribution < -0.4 is 5.32 Å². The van der Waals surface area contributed by atoms with Gasteiger partial charge in [0.15, 0.2) is 6.29 Å². The van der Waals surface area contributed by atoms with Gasteiger partial charge in [-0.05, 0) is 39.9 Å². The Morgan fingerprint density at radius 3 is 2.21 bits per heavy atom. The maximum absolute atomic E-state index is 12.1. The second-order valence-electron chi connectivity index (χ2n) is 9.93. The first-order chi connectivity index (χ1) is 20.3. The molecule has 218 valence electrons. The van der Waals surface area contributed by atoms with Crippen LogP contribution in [0, 0.1) is 0 Å². The average molecular weight is 643 g/mol. The van der Waals surface area contributed by atoms with Gasteiger partial charge in [-0.25, -0.2) is 0 Å². The van der Waals surface area contributed by atoms with Crippen LogP contribution in [0.3, 0.4) is 0 Å². The van der Waals surface area contributed by atoms with E-state index in [0.29, 0.717) is 0 Å². The molecule has 5 rings (SSSR count). The number of ether oxygens (including phenoxy) is 2. The third kappa shape index (κ3) is 8.08. The molecule has 4 aromatic carbocycles. The number of halogens is 3. The normalized spacial score (nSPS) is 18.9. The SMILES string of the molecule is O=C(NCc1ccccc1-c1ccc([C@H]2O[C@@H](CSc3ccccc3)C[C@@H](c3ccc(CO)cc3)O2)cc1)C(Cl)(Cl)Cl. The van der Waals surface area contributed by atoms with Crippen molar-refractivity contribution in [2.45, 2.75) is 46.8 Å². The molecule has 0 saturated carbocycles. The summed E-state index contributed by atoms with van der Waals surface area (Å²) in [5, 5.41) is 12.1. The summed E-state index contributed by atoms with van der Waals surface area (Å²) in [5.41, 5.74) is 5.65. The number of nitrogens with one attached hydrogen (secondary N) is 1. The first-order valence-corrected chi connectivity index (χ1v) is 15.6. The fraction of sp³-hybridized carbons (Fsp3) is 0.242. The Hall–Kier alpha value is -2.55. The van der Waals surface area contributed by atoms with Gasteiger partial charge in [-0.2, -0.15) is 0 Å². The van der Waals surface area contributed by atoms with Gasteiger partial charge < -0.3 is 19.9 Å². The van der Waals surface area contributed by atoms with Gasteiger partial charge in [-0.3, -0.25) is 4.79 Å². The number of benzene rings is 4. The zero-order chi connectivity index (χ0) is 29.5. The summed E-state index contributed by atoms with van der Waals surface area (Å²) >= 11 is 18.9. The van der Waals surface area contributed by atoms with Crippen LogP contribution in [-0.2, 0) is 27.4 Å². The van der Waals surface area contributed by atoms with Crippen molar-refractivity contribution in [2.24, 2.45) is 0 Å². The van der Waals surface area contributed by atoms with E-state index in [1.165, 1.54) is 4.90 Å². The number of thioether (sulfide) groups is 1. The summed E-state index contributed by atoms with van der Waals surface area (Å²) in [7, 11) is 0. The second kappa shape index (κ2) is 14.3. The van der Waals surface area contributed by atoms with Crippen LogP contribution in [-0.4, -0.2) is 26.7 Å². The number of alkyl halides is 3. The van der Waals surface area contributed by atoms with E-state index in [0.717, 1.165) is 45.6 Å². The fourth-order valence-electron chi connectivity index (χ4n) is 4.78. The zero-order valence-corrected chi connectivity index (χ0v) is 25.7. The molecule has 9 heteroatoms. The van der Waals surface area contributed by atoms with Gasteiger partial charge >= 0.3 is 0 Å². The predicted molar refractivity (Wildman–Crippen MR) is 170 cm³/mol. The Bertz CT molecular complexity index is 1460. The maximum atomic E-state index is 12.1. The molecule has 2 N–H and O–H groups in total. The first kappa shape index (κ1) is 30.9. The van der Waals surface area contributed by atoms with Crippen LogP contribution in [0.5, 0.6) is 0 Å². The van der Waals surface area contributed by atoms with E-state index in [-0.39, 0.29) is 25.4 Å². The van der Waals surface area contributed by atoms with Crippen LogP contribution in [0.1, 0.15) is 41.1 Å². The van der Waals surface area contributed by atoms with Crippen molar-refractivity contribution >= 4 is 52.5 Å². The minimum absolute atomic E-state index is 0.00261. The van der Waals surface area contributed by atoms with E-state index < -0.39 is 16.0 Å². The molecule has 1 fully saturated rings. The highest BCUT2D eigenvalue weighted by atomic mass is 35.6. The Labute approximate surface area is 265 Å². The number of hydrogen-bond donors (Lipinski definition) is 2. The summed E-state index contributed by atoms with van der Waals surface area (Å²) in [6.45, 7) is 0.222. The monoisotopic (exact) mass is 641 g/mol. The average Bonchev–Trinajstić information content (AvgIpc) is 3.03. The van der Waals surface area contributed by atoms with Crippen molar-refractivity contribution in [3.63, 3.8) is 0 Å². The van der Waals surface area contributed by atoms with Crippen molar-refractivity contribution in [1.82, 2.24) is 5.32 Å². The molecular weight excluding hydrogens is 613 g/mol. The largest absolute Gasteiger partial charge is 0.392 e. The topological polar surface area (TPSA) is 67.8 Å². The number of aliphatic hydroxyl groups is 1. The van der Waals surface area contributed by atoms with Crippen molar-refractivity contribution in [1.29, 1.82) is 0 Å². The summed E-state index contributed by atoms with van der Waals surface area (Å²) in [5.74, 6) is 0.116. The lowest BCUT2D eigenvalue weighted by Crippen LogP contribution is -2.34. The smallest absolute Gasteiger partial charge is 0.272 e. The Kier molecular flexibility index (Phi) is 10.5. The van der Waals surface area contributed by atoms with Crippen molar-refractivity contribution < 1.29 is 19.4 Å². The van der Waals surface area contributed by atoms with Gasteiger partial charge in [0.1, 0.15) is 0 Å². The number of amides is 1. The molecule has 0 unspecified atom stereocenters. The van der Waals surface area contributed by atoms with Gasteiger partial charge in [0.2, 0.25) is 0 Å². The molecule has 0 spiro atoms. The van der Waals surface area contributed by atoms with Crippen LogP contribution in [0.15, 0.2) is 108 Å². The number of aliphatic hydroxyl groups excluding tert-OH is 1. The summed E-state index contributed by atoms with van der Waals surface area (Å²) < 4.78 is 11.0. The number of carbonyl (C=O) groups excluding carboxylic acids is 1. The summed E-state index contributed by atoms with van der Waals surface area (Å²) in [4.78, 5) is 13.3. The lowest BCUT2D eigenvalue weighted by Gasteiger charge is -2.36. The molecule has 1 heterocycles. The Morgan fingerprint density at radius 1 is 0.857 bits per heavy atom. The first-order valence-electron chi connectivity index (χ1n) is 13.5. The molecule has 1 aliphatic heterocycles. The van der Waals surface area contributed by atoms with Crippen molar-refractivity contribution in [3.8, 4) is 11.1 Å². The van der Waals surface area contributed by atoms with Crippen LogP contribution >= 0.6 is 46.6 Å². The molecule has 1 aliphatic rings. The predicted octanol–water partition coefficient (Wildman–Crippen LogP) is 8.17. The van der Waals surface area contributed by atoms with Gasteiger partial charge in [0, 0.05) is 29.2 Å². The quantitative estimate of drug-likeness (QED) is 0.142. The summed E-state index contributed by atoms with van der Waals surface area (Å²) in [6, 6.07) is 34.0. The minimum Gasteiger partial charge on any atom is -0.392 e. The lowest BCUT2D eigenvalue weighted by atomic mass is 9.98. The molecule has 0 aromatic heterocycles.